The highest BCUT2D eigenvalue weighted by atomic mass is 32.2. The number of rotatable bonds is 9. The fourth-order valence-corrected chi connectivity index (χ4v) is 6.57. The second kappa shape index (κ2) is 13.7. The van der Waals surface area contributed by atoms with E-state index in [0.717, 1.165) is 18.2 Å². The Morgan fingerprint density at radius 3 is 2.29 bits per heavy atom. The predicted molar refractivity (Wildman–Crippen MR) is 172 cm³/mol. The van der Waals surface area contributed by atoms with Gasteiger partial charge in [-0.15, -0.1) is 0 Å². The molecule has 15 heteroatoms. The second-order valence-corrected chi connectivity index (χ2v) is 13.1. The third kappa shape index (κ3) is 7.82. The van der Waals surface area contributed by atoms with Crippen molar-refractivity contribution in [3.05, 3.63) is 129 Å². The Kier molecular flexibility index (Phi) is 9.63. The topological polar surface area (TPSA) is 162 Å². The van der Waals surface area contributed by atoms with Crippen molar-refractivity contribution in [1.29, 1.82) is 5.26 Å². The van der Waals surface area contributed by atoms with Gasteiger partial charge in [0.15, 0.2) is 9.84 Å². The van der Waals surface area contributed by atoms with Crippen molar-refractivity contribution in [2.75, 3.05) is 16.4 Å². The number of aromatic nitrogens is 2. The highest BCUT2D eigenvalue weighted by molar-refractivity contribution is 7.91. The molecule has 3 N–H and O–H groups in total. The quantitative estimate of drug-likeness (QED) is 0.164. The van der Waals surface area contributed by atoms with E-state index in [1.165, 1.54) is 49.4 Å². The first-order valence-corrected chi connectivity index (χ1v) is 16.1. The number of nitrogens with one attached hydrogen (secondary N) is 3. The van der Waals surface area contributed by atoms with Crippen molar-refractivity contribution < 1.29 is 35.6 Å². The highest BCUT2D eigenvalue weighted by Crippen LogP contribution is 2.33. The molecule has 49 heavy (non-hydrogen) atoms. The van der Waals surface area contributed by atoms with Gasteiger partial charge in [0, 0.05) is 29.1 Å². The lowest BCUT2D eigenvalue weighted by Crippen LogP contribution is -2.27. The molecule has 250 valence electrons. The van der Waals surface area contributed by atoms with Crippen molar-refractivity contribution in [3.63, 3.8) is 0 Å². The van der Waals surface area contributed by atoms with Gasteiger partial charge in [0.05, 0.1) is 44.5 Å². The lowest BCUT2D eigenvalue weighted by atomic mass is 10.0. The van der Waals surface area contributed by atoms with E-state index < -0.39 is 56.4 Å². The molecule has 10 nitrogen and oxygen atoms in total. The van der Waals surface area contributed by atoms with Crippen molar-refractivity contribution in [2.24, 2.45) is 5.92 Å². The Morgan fingerprint density at radius 1 is 0.939 bits per heavy atom. The van der Waals surface area contributed by atoms with Crippen LogP contribution < -0.4 is 16.2 Å². The molecule has 0 aliphatic carbocycles. The maximum atomic E-state index is 14.7. The minimum atomic E-state index is -4.84. The average Bonchev–Trinajstić information content (AvgIpc) is 3.06. The Hall–Kier alpha value is -5.88. The molecule has 5 aromatic rings. The molecule has 1 aromatic heterocycles. The first-order chi connectivity index (χ1) is 23.2. The zero-order chi connectivity index (χ0) is 35.5. The van der Waals surface area contributed by atoms with Gasteiger partial charge < -0.3 is 10.6 Å². The van der Waals surface area contributed by atoms with Gasteiger partial charge in [0.25, 0.3) is 11.5 Å². The van der Waals surface area contributed by atoms with Crippen molar-refractivity contribution in [1.82, 2.24) is 10.2 Å². The van der Waals surface area contributed by atoms with Gasteiger partial charge in [-0.05, 0) is 66.2 Å². The van der Waals surface area contributed by atoms with Gasteiger partial charge in [-0.2, -0.15) is 23.5 Å². The van der Waals surface area contributed by atoms with Crippen LogP contribution in [0.1, 0.15) is 39.7 Å². The predicted octanol–water partition coefficient (Wildman–Crippen LogP) is 5.84. The van der Waals surface area contributed by atoms with Gasteiger partial charge >= 0.3 is 6.18 Å². The molecular weight excluding hydrogens is 666 g/mol. The molecule has 4 aromatic carbocycles. The van der Waals surface area contributed by atoms with Crippen LogP contribution in [-0.2, 0) is 27.2 Å². The summed E-state index contributed by atoms with van der Waals surface area (Å²) in [6.07, 6.45) is -4.66. The summed E-state index contributed by atoms with van der Waals surface area (Å²) in [5.74, 6) is -4.35. The normalized spacial score (nSPS) is 12.2. The number of H-pyrrole nitrogens is 1. The molecule has 0 aliphatic heterocycles. The molecule has 1 heterocycles. The average molecular weight is 692 g/mol. The number of carbonyl (C=O) groups is 2. The fraction of sp³-hybridized carbons (Fsp3) is 0.147. The Balaban J connectivity index is 1.24. The maximum absolute atomic E-state index is 14.7. The summed E-state index contributed by atoms with van der Waals surface area (Å²) in [6.45, 7) is 1.29. The summed E-state index contributed by atoms with van der Waals surface area (Å²) in [4.78, 5) is 37.6. The number of fused-ring (bicyclic) bond motifs is 1. The molecule has 0 saturated heterocycles. The van der Waals surface area contributed by atoms with Crippen LogP contribution in [0.3, 0.4) is 0 Å². The van der Waals surface area contributed by atoms with Gasteiger partial charge in [0.1, 0.15) is 5.82 Å². The van der Waals surface area contributed by atoms with Gasteiger partial charge in [0.2, 0.25) is 5.91 Å². The second-order valence-electron chi connectivity index (χ2n) is 11.1. The number of anilines is 2. The molecule has 5 rings (SSSR count). The first kappa shape index (κ1) is 34.5. The molecule has 0 bridgehead atoms. The number of carbonyl (C=O) groups excluding carboxylic acids is 2. The Labute approximate surface area is 276 Å². The SMILES string of the molecule is C[C@H](CS(=O)(=O)c1ccc(NC(=O)c2cc(Cc3n[nH]c(=O)c4ccccc34)ccc2F)cc1)C(=O)Nc1ccc(C#N)c(C(F)(F)F)c1. The van der Waals surface area contributed by atoms with Crippen LogP contribution in [-0.4, -0.2) is 36.2 Å². The van der Waals surface area contributed by atoms with Crippen LogP contribution in [0, 0.1) is 23.1 Å². The van der Waals surface area contributed by atoms with Gasteiger partial charge in [-0.25, -0.2) is 17.9 Å². The standard InChI is InChI=1S/C34H25F4N5O5S/c1-19(31(44)41-23-8-7-21(17-39)28(16-23)34(36,37)38)18-49(47,48)24-11-9-22(10-12-24)40-32(45)27-14-20(6-13-29(27)35)15-30-25-4-2-3-5-26(25)33(46)43-42-30/h2-14,16,19H,15,18H2,1H3,(H,40,45)(H,41,44)(H,43,46)/t19-/m1/s1. The fourth-order valence-electron chi connectivity index (χ4n) is 5.02. The zero-order valence-electron chi connectivity index (χ0n) is 25.4. The summed E-state index contributed by atoms with van der Waals surface area (Å²) in [5.41, 5.74) is -1.58. The number of sulfone groups is 1. The third-order valence-corrected chi connectivity index (χ3v) is 9.45. The highest BCUT2D eigenvalue weighted by Gasteiger charge is 2.34. The molecule has 0 unspecified atom stereocenters. The smallest absolute Gasteiger partial charge is 0.326 e. The van der Waals surface area contributed by atoms with Crippen LogP contribution in [0.15, 0.2) is 94.6 Å². The first-order valence-electron chi connectivity index (χ1n) is 14.5. The number of alkyl halides is 3. The molecule has 0 aliphatic rings. The number of aromatic amines is 1. The van der Waals surface area contributed by atoms with E-state index in [-0.39, 0.29) is 33.8 Å². The van der Waals surface area contributed by atoms with Crippen LogP contribution >= 0.6 is 0 Å². The number of halogens is 4. The largest absolute Gasteiger partial charge is 0.417 e. The van der Waals surface area contributed by atoms with Crippen molar-refractivity contribution in [3.8, 4) is 6.07 Å². The van der Waals surface area contributed by atoms with E-state index in [4.69, 9.17) is 5.26 Å². The number of amides is 2. The van der Waals surface area contributed by atoms with E-state index in [1.807, 2.05) is 0 Å². The number of nitrogens with zero attached hydrogens (tertiary/aromatic N) is 2. The summed E-state index contributed by atoms with van der Waals surface area (Å²) in [5, 5.41) is 21.3. The number of nitriles is 1. The van der Waals surface area contributed by atoms with Crippen LogP contribution in [0.2, 0.25) is 0 Å². The number of benzene rings is 4. The summed E-state index contributed by atoms with van der Waals surface area (Å²) in [6, 6.07) is 19.8. The third-order valence-electron chi connectivity index (χ3n) is 7.52. The minimum Gasteiger partial charge on any atom is -0.326 e. The molecule has 1 atom stereocenters. The molecule has 0 fully saturated rings. The van der Waals surface area contributed by atoms with Crippen LogP contribution in [0.25, 0.3) is 10.8 Å². The summed E-state index contributed by atoms with van der Waals surface area (Å²) >= 11 is 0. The van der Waals surface area contributed by atoms with Crippen LogP contribution in [0.4, 0.5) is 28.9 Å². The van der Waals surface area contributed by atoms with E-state index in [0.29, 0.717) is 28.1 Å². The van der Waals surface area contributed by atoms with E-state index in [1.54, 1.807) is 24.3 Å². The lowest BCUT2D eigenvalue weighted by molar-refractivity contribution is -0.137. The minimum absolute atomic E-state index is 0.147. The lowest BCUT2D eigenvalue weighted by Gasteiger charge is -2.15. The molecule has 0 radical (unpaired) electrons. The van der Waals surface area contributed by atoms with Gasteiger partial charge in [-0.1, -0.05) is 31.2 Å². The van der Waals surface area contributed by atoms with Gasteiger partial charge in [-0.3, -0.25) is 14.4 Å². The van der Waals surface area contributed by atoms with E-state index in [9.17, 15) is 40.4 Å². The summed E-state index contributed by atoms with van der Waals surface area (Å²) in [7, 11) is -4.08. The van der Waals surface area contributed by atoms with Crippen molar-refractivity contribution >= 4 is 43.8 Å². The van der Waals surface area contributed by atoms with Crippen LogP contribution in [0.5, 0.6) is 0 Å². The molecule has 0 spiro atoms. The number of hydrogen-bond acceptors (Lipinski definition) is 7. The Bertz CT molecular complexity index is 2300. The molecule has 0 saturated carbocycles. The van der Waals surface area contributed by atoms with Crippen molar-refractivity contribution in [2.45, 2.75) is 24.4 Å². The Morgan fingerprint density at radius 2 is 1.61 bits per heavy atom. The van der Waals surface area contributed by atoms with E-state index in [2.05, 4.69) is 20.8 Å². The monoisotopic (exact) mass is 691 g/mol. The zero-order valence-corrected chi connectivity index (χ0v) is 26.2. The molecule has 2 amide bonds. The maximum Gasteiger partial charge on any atom is 0.417 e. The van der Waals surface area contributed by atoms with E-state index >= 15 is 0 Å². The molecular formula is C34H25F4N5O5S. The summed E-state index contributed by atoms with van der Waals surface area (Å²) < 4.78 is 80.6. The number of hydrogen-bond donors (Lipinski definition) is 3.